The fourth-order valence-corrected chi connectivity index (χ4v) is 3.06. The summed E-state index contributed by atoms with van der Waals surface area (Å²) in [5.41, 5.74) is 0.507. The normalized spacial score (nSPS) is 19.0. The molecule has 1 saturated heterocycles. The lowest BCUT2D eigenvalue weighted by Gasteiger charge is -2.35. The second-order valence-corrected chi connectivity index (χ2v) is 5.47. The number of nitrogens with zero attached hydrogens (tertiary/aromatic N) is 1. The van der Waals surface area contributed by atoms with Gasteiger partial charge in [-0.15, -0.1) is 0 Å². The van der Waals surface area contributed by atoms with Gasteiger partial charge in [0.05, 0.1) is 12.6 Å². The summed E-state index contributed by atoms with van der Waals surface area (Å²) < 4.78 is 13.8. The summed E-state index contributed by atoms with van der Waals surface area (Å²) in [6.07, 6.45) is 2.79. The number of aliphatic hydroxyl groups excluding tert-OH is 1. The van der Waals surface area contributed by atoms with E-state index < -0.39 is 0 Å². The number of likely N-dealkylation sites (tertiary alicyclic amines) is 1. The van der Waals surface area contributed by atoms with Crippen molar-refractivity contribution in [1.82, 2.24) is 4.90 Å². The number of rotatable bonds is 2. The van der Waals surface area contributed by atoms with E-state index in [4.69, 9.17) is 0 Å². The summed E-state index contributed by atoms with van der Waals surface area (Å²) >= 11 is 0. The van der Waals surface area contributed by atoms with E-state index in [1.807, 2.05) is 0 Å². The molecule has 0 aliphatic carbocycles. The Balaban J connectivity index is 2.03. The van der Waals surface area contributed by atoms with Crippen LogP contribution in [0.1, 0.15) is 29.6 Å². The molecule has 110 valence electrons. The first kappa shape index (κ1) is 14.0. The van der Waals surface area contributed by atoms with Gasteiger partial charge in [-0.2, -0.15) is 0 Å². The summed E-state index contributed by atoms with van der Waals surface area (Å²) in [6, 6.07) is 9.77. The van der Waals surface area contributed by atoms with Crippen molar-refractivity contribution in [1.29, 1.82) is 0 Å². The van der Waals surface area contributed by atoms with Gasteiger partial charge in [0.15, 0.2) is 0 Å². The van der Waals surface area contributed by atoms with Gasteiger partial charge in [0.1, 0.15) is 5.82 Å². The third kappa shape index (κ3) is 2.51. The molecule has 1 unspecified atom stereocenters. The molecule has 1 fully saturated rings. The van der Waals surface area contributed by atoms with Crippen LogP contribution < -0.4 is 0 Å². The Morgan fingerprint density at radius 2 is 1.95 bits per heavy atom. The molecule has 1 aliphatic rings. The first-order valence-electron chi connectivity index (χ1n) is 7.31. The molecule has 0 spiro atoms. The van der Waals surface area contributed by atoms with Gasteiger partial charge < -0.3 is 10.0 Å². The Hall–Kier alpha value is -1.94. The highest BCUT2D eigenvalue weighted by molar-refractivity contribution is 6.07. The molecule has 0 saturated carbocycles. The first-order chi connectivity index (χ1) is 10.2. The molecule has 3 rings (SSSR count). The molecule has 21 heavy (non-hydrogen) atoms. The second kappa shape index (κ2) is 5.82. The van der Waals surface area contributed by atoms with Crippen LogP contribution in [0.2, 0.25) is 0 Å². The fourth-order valence-electron chi connectivity index (χ4n) is 3.06. The van der Waals surface area contributed by atoms with Crippen LogP contribution in [0.3, 0.4) is 0 Å². The van der Waals surface area contributed by atoms with Gasteiger partial charge in [0.2, 0.25) is 0 Å². The molecular weight excluding hydrogens is 269 g/mol. The number of carbonyl (C=O) groups is 1. The van der Waals surface area contributed by atoms with Crippen LogP contribution in [-0.2, 0) is 0 Å². The van der Waals surface area contributed by atoms with Gasteiger partial charge in [-0.05, 0) is 36.8 Å². The van der Waals surface area contributed by atoms with Crippen molar-refractivity contribution in [2.75, 3.05) is 13.2 Å². The number of hydrogen-bond donors (Lipinski definition) is 1. The zero-order valence-corrected chi connectivity index (χ0v) is 11.8. The topological polar surface area (TPSA) is 40.5 Å². The van der Waals surface area contributed by atoms with Crippen molar-refractivity contribution < 1.29 is 14.3 Å². The van der Waals surface area contributed by atoms with E-state index in [1.165, 1.54) is 6.07 Å². The minimum absolute atomic E-state index is 0.0229. The number of halogens is 1. The predicted octanol–water partition coefficient (Wildman–Crippen LogP) is 2.97. The van der Waals surface area contributed by atoms with Crippen LogP contribution in [0.15, 0.2) is 36.4 Å². The van der Waals surface area contributed by atoms with Crippen LogP contribution in [0.25, 0.3) is 10.8 Å². The Morgan fingerprint density at radius 1 is 1.19 bits per heavy atom. The Kier molecular flexibility index (Phi) is 3.88. The molecule has 1 N–H and O–H groups in total. The number of aliphatic hydroxyl groups is 1. The summed E-state index contributed by atoms with van der Waals surface area (Å²) in [5, 5.41) is 10.5. The Labute approximate surface area is 123 Å². The monoisotopic (exact) mass is 287 g/mol. The highest BCUT2D eigenvalue weighted by Gasteiger charge is 2.27. The Bertz CT molecular complexity index is 671. The van der Waals surface area contributed by atoms with Crippen LogP contribution in [-0.4, -0.2) is 35.1 Å². The van der Waals surface area contributed by atoms with E-state index in [2.05, 4.69) is 0 Å². The van der Waals surface area contributed by atoms with E-state index in [0.29, 0.717) is 22.9 Å². The minimum atomic E-state index is -0.320. The van der Waals surface area contributed by atoms with E-state index in [9.17, 15) is 14.3 Å². The van der Waals surface area contributed by atoms with Gasteiger partial charge in [0.25, 0.3) is 5.91 Å². The van der Waals surface area contributed by atoms with E-state index in [0.717, 1.165) is 19.3 Å². The Morgan fingerprint density at radius 3 is 2.71 bits per heavy atom. The van der Waals surface area contributed by atoms with Gasteiger partial charge in [-0.1, -0.05) is 24.3 Å². The summed E-state index contributed by atoms with van der Waals surface area (Å²) in [7, 11) is 0. The summed E-state index contributed by atoms with van der Waals surface area (Å²) in [6.45, 7) is 0.626. The second-order valence-electron chi connectivity index (χ2n) is 5.47. The van der Waals surface area contributed by atoms with E-state index in [-0.39, 0.29) is 24.4 Å². The molecule has 2 aromatic rings. The number of benzene rings is 2. The highest BCUT2D eigenvalue weighted by atomic mass is 19.1. The van der Waals surface area contributed by atoms with Crippen molar-refractivity contribution in [2.45, 2.75) is 25.3 Å². The standard InChI is InChI=1S/C17H18FNO2/c18-16-9-8-15(13-6-1-2-7-14(13)16)17(21)19-10-4-3-5-12(19)11-20/h1-2,6-9,12,20H,3-5,10-11H2. The van der Waals surface area contributed by atoms with Crippen LogP contribution >= 0.6 is 0 Å². The molecule has 1 amide bonds. The van der Waals surface area contributed by atoms with E-state index >= 15 is 0 Å². The van der Waals surface area contributed by atoms with E-state index in [1.54, 1.807) is 35.2 Å². The molecule has 1 heterocycles. The largest absolute Gasteiger partial charge is 0.394 e. The van der Waals surface area contributed by atoms with Crippen LogP contribution in [0, 0.1) is 5.82 Å². The van der Waals surface area contributed by atoms with Crippen molar-refractivity contribution in [3.63, 3.8) is 0 Å². The average molecular weight is 287 g/mol. The van der Waals surface area contributed by atoms with Gasteiger partial charge in [-0.25, -0.2) is 4.39 Å². The molecular formula is C17H18FNO2. The third-order valence-corrected chi connectivity index (χ3v) is 4.20. The molecule has 1 aliphatic heterocycles. The number of amides is 1. The minimum Gasteiger partial charge on any atom is -0.394 e. The van der Waals surface area contributed by atoms with Crippen LogP contribution in [0.4, 0.5) is 4.39 Å². The van der Waals surface area contributed by atoms with Gasteiger partial charge in [-0.3, -0.25) is 4.79 Å². The molecule has 0 aromatic heterocycles. The van der Waals surface area contributed by atoms with Crippen molar-refractivity contribution in [3.8, 4) is 0 Å². The summed E-state index contributed by atoms with van der Waals surface area (Å²) in [4.78, 5) is 14.5. The molecule has 0 radical (unpaired) electrons. The van der Waals surface area contributed by atoms with Gasteiger partial charge >= 0.3 is 0 Å². The number of carbonyl (C=O) groups excluding carboxylic acids is 1. The lowest BCUT2D eigenvalue weighted by Crippen LogP contribution is -2.45. The number of piperidine rings is 1. The van der Waals surface area contributed by atoms with Crippen molar-refractivity contribution in [2.24, 2.45) is 0 Å². The zero-order valence-electron chi connectivity index (χ0n) is 11.8. The predicted molar refractivity (Wildman–Crippen MR) is 79.7 cm³/mol. The number of hydrogen-bond acceptors (Lipinski definition) is 2. The smallest absolute Gasteiger partial charge is 0.254 e. The maximum Gasteiger partial charge on any atom is 0.254 e. The van der Waals surface area contributed by atoms with Crippen LogP contribution in [0.5, 0.6) is 0 Å². The molecule has 1 atom stereocenters. The molecule has 4 heteroatoms. The fraction of sp³-hybridized carbons (Fsp3) is 0.353. The summed E-state index contributed by atoms with van der Waals surface area (Å²) in [5.74, 6) is -0.440. The lowest BCUT2D eigenvalue weighted by molar-refractivity contribution is 0.0505. The quantitative estimate of drug-likeness (QED) is 0.922. The molecule has 0 bridgehead atoms. The number of fused-ring (bicyclic) bond motifs is 1. The lowest BCUT2D eigenvalue weighted by atomic mass is 9.98. The van der Waals surface area contributed by atoms with Crippen molar-refractivity contribution in [3.05, 3.63) is 47.8 Å². The third-order valence-electron chi connectivity index (χ3n) is 4.20. The highest BCUT2D eigenvalue weighted by Crippen LogP contribution is 2.25. The zero-order chi connectivity index (χ0) is 14.8. The van der Waals surface area contributed by atoms with Crippen molar-refractivity contribution >= 4 is 16.7 Å². The first-order valence-corrected chi connectivity index (χ1v) is 7.31. The SMILES string of the molecule is O=C(c1ccc(F)c2ccccc12)N1CCCCC1CO. The maximum atomic E-state index is 13.8. The maximum absolute atomic E-state index is 13.8. The molecule has 3 nitrogen and oxygen atoms in total. The average Bonchev–Trinajstić information content (AvgIpc) is 2.55. The van der Waals surface area contributed by atoms with Gasteiger partial charge in [0, 0.05) is 17.5 Å². The molecule has 2 aromatic carbocycles.